The molecule has 1 N–H and O–H groups in total. The van der Waals surface area contributed by atoms with Gasteiger partial charge < -0.3 is 9.88 Å². The van der Waals surface area contributed by atoms with E-state index in [-0.39, 0.29) is 0 Å². The Kier molecular flexibility index (Phi) is 5.00. The maximum Gasteiger partial charge on any atom is 0.222 e. The highest BCUT2D eigenvalue weighted by atomic mass is 35.5. The zero-order chi connectivity index (χ0) is 17.2. The smallest absolute Gasteiger partial charge is 0.222 e. The molecule has 0 aliphatic carbocycles. The van der Waals surface area contributed by atoms with Crippen LogP contribution >= 0.6 is 11.6 Å². The number of aromatic amines is 1. The minimum Gasteiger partial charge on any atom is -0.356 e. The zero-order valence-electron chi connectivity index (χ0n) is 14.6. The van der Waals surface area contributed by atoms with Crippen LogP contribution in [0.15, 0.2) is 24.3 Å². The van der Waals surface area contributed by atoms with E-state index in [4.69, 9.17) is 11.6 Å². The lowest BCUT2D eigenvalue weighted by atomic mass is 9.93. The van der Waals surface area contributed by atoms with E-state index in [9.17, 15) is 4.79 Å². The first-order valence-electron chi connectivity index (χ1n) is 9.46. The number of hydrogen-bond acceptors (Lipinski definition) is 2. The Bertz CT molecular complexity index is 748. The van der Waals surface area contributed by atoms with Gasteiger partial charge in [0.05, 0.1) is 5.02 Å². The molecule has 0 atom stereocenters. The van der Waals surface area contributed by atoms with Gasteiger partial charge >= 0.3 is 0 Å². The molecule has 2 aromatic rings. The lowest BCUT2D eigenvalue weighted by Gasteiger charge is -2.32. The van der Waals surface area contributed by atoms with Gasteiger partial charge in [0.25, 0.3) is 0 Å². The Balaban J connectivity index is 1.28. The number of H-pyrrole nitrogens is 1. The molecule has 0 unspecified atom stereocenters. The molecule has 2 saturated heterocycles. The lowest BCUT2D eigenvalue weighted by Crippen LogP contribution is -2.35. The average Bonchev–Trinajstić information content (AvgIpc) is 3.18. The molecule has 1 amide bonds. The SMILES string of the molecule is O=C1CCCN1CCC1CCN(Cc2[nH]c3ccccc3c2Cl)CC1. The van der Waals surface area contributed by atoms with Crippen LogP contribution in [-0.2, 0) is 11.3 Å². The number of fused-ring (bicyclic) bond motifs is 1. The topological polar surface area (TPSA) is 39.3 Å². The largest absolute Gasteiger partial charge is 0.356 e. The molecule has 25 heavy (non-hydrogen) atoms. The quantitative estimate of drug-likeness (QED) is 0.874. The summed E-state index contributed by atoms with van der Waals surface area (Å²) in [6, 6.07) is 8.22. The van der Waals surface area contributed by atoms with E-state index in [1.165, 1.54) is 12.8 Å². The van der Waals surface area contributed by atoms with Crippen molar-refractivity contribution >= 4 is 28.4 Å². The minimum absolute atomic E-state index is 0.353. The van der Waals surface area contributed by atoms with Crippen LogP contribution in [0.5, 0.6) is 0 Å². The van der Waals surface area contributed by atoms with Gasteiger partial charge in [-0.05, 0) is 50.8 Å². The highest BCUT2D eigenvalue weighted by Crippen LogP contribution is 2.29. The van der Waals surface area contributed by atoms with Crippen LogP contribution in [0.25, 0.3) is 10.9 Å². The summed E-state index contributed by atoms with van der Waals surface area (Å²) in [5.74, 6) is 1.11. The van der Waals surface area contributed by atoms with E-state index in [2.05, 4.69) is 26.9 Å². The highest BCUT2D eigenvalue weighted by molar-refractivity contribution is 6.36. The van der Waals surface area contributed by atoms with Crippen molar-refractivity contribution in [3.63, 3.8) is 0 Å². The van der Waals surface area contributed by atoms with Gasteiger partial charge in [-0.2, -0.15) is 0 Å². The van der Waals surface area contributed by atoms with E-state index in [1.54, 1.807) is 0 Å². The van der Waals surface area contributed by atoms with Gasteiger partial charge in [0.1, 0.15) is 0 Å². The summed E-state index contributed by atoms with van der Waals surface area (Å²) in [4.78, 5) is 19.7. The van der Waals surface area contributed by atoms with Crippen molar-refractivity contribution in [2.24, 2.45) is 5.92 Å². The van der Waals surface area contributed by atoms with Crippen molar-refractivity contribution in [1.29, 1.82) is 0 Å². The summed E-state index contributed by atoms with van der Waals surface area (Å²) in [5.41, 5.74) is 2.25. The van der Waals surface area contributed by atoms with Crippen LogP contribution in [-0.4, -0.2) is 46.9 Å². The van der Waals surface area contributed by atoms with Gasteiger partial charge in [-0.25, -0.2) is 0 Å². The molecule has 2 aliphatic rings. The maximum absolute atomic E-state index is 11.7. The van der Waals surface area contributed by atoms with Crippen LogP contribution in [0.2, 0.25) is 5.02 Å². The summed E-state index contributed by atoms with van der Waals surface area (Å²) in [6.07, 6.45) is 5.40. The normalized spacial score (nSPS) is 20.0. The number of carbonyl (C=O) groups is 1. The molecule has 0 bridgehead atoms. The second kappa shape index (κ2) is 7.38. The Morgan fingerprint density at radius 3 is 2.68 bits per heavy atom. The van der Waals surface area contributed by atoms with Crippen molar-refractivity contribution in [1.82, 2.24) is 14.8 Å². The summed E-state index contributed by atoms with van der Waals surface area (Å²) < 4.78 is 0. The van der Waals surface area contributed by atoms with Gasteiger partial charge in [0.2, 0.25) is 5.91 Å². The molecule has 5 heteroatoms. The summed E-state index contributed by atoms with van der Waals surface area (Å²) in [6.45, 7) is 5.05. The fourth-order valence-corrected chi connectivity index (χ4v) is 4.48. The third-order valence-corrected chi connectivity index (χ3v) is 6.21. The molecule has 1 aromatic heterocycles. The van der Waals surface area contributed by atoms with Crippen molar-refractivity contribution in [3.8, 4) is 0 Å². The first-order chi connectivity index (χ1) is 12.2. The van der Waals surface area contributed by atoms with E-state index in [0.29, 0.717) is 5.91 Å². The number of para-hydroxylation sites is 1. The standard InChI is InChI=1S/C20H26ClN3O/c21-20-16-4-1-2-5-17(16)22-18(20)14-23-11-7-15(8-12-23)9-13-24-10-3-6-19(24)25/h1-2,4-5,15,22H,3,6-14H2. The fraction of sp³-hybridized carbons (Fsp3) is 0.550. The molecular formula is C20H26ClN3O. The van der Waals surface area contributed by atoms with Crippen LogP contribution in [0, 0.1) is 5.92 Å². The van der Waals surface area contributed by atoms with Gasteiger partial charge in [0, 0.05) is 42.7 Å². The first-order valence-corrected chi connectivity index (χ1v) is 9.84. The van der Waals surface area contributed by atoms with Gasteiger partial charge in [-0.1, -0.05) is 29.8 Å². The molecule has 2 fully saturated rings. The lowest BCUT2D eigenvalue weighted by molar-refractivity contribution is -0.127. The molecule has 3 heterocycles. The Hall–Kier alpha value is -1.52. The van der Waals surface area contributed by atoms with Crippen LogP contribution < -0.4 is 0 Å². The number of amides is 1. The number of nitrogens with one attached hydrogen (secondary N) is 1. The molecule has 4 rings (SSSR count). The average molecular weight is 360 g/mol. The molecule has 2 aliphatic heterocycles. The summed E-state index contributed by atoms with van der Waals surface area (Å²) >= 11 is 6.55. The van der Waals surface area contributed by atoms with E-state index in [1.807, 2.05) is 12.1 Å². The zero-order valence-corrected chi connectivity index (χ0v) is 15.4. The number of likely N-dealkylation sites (tertiary alicyclic amines) is 2. The number of halogens is 1. The molecular weight excluding hydrogens is 334 g/mol. The fourth-order valence-electron chi connectivity index (χ4n) is 4.21. The van der Waals surface area contributed by atoms with Crippen molar-refractivity contribution < 1.29 is 4.79 Å². The molecule has 1 aromatic carbocycles. The van der Waals surface area contributed by atoms with Gasteiger partial charge in [0.15, 0.2) is 0 Å². The third-order valence-electron chi connectivity index (χ3n) is 5.78. The number of piperidine rings is 1. The van der Waals surface area contributed by atoms with Crippen molar-refractivity contribution in [2.45, 2.75) is 38.6 Å². The first kappa shape index (κ1) is 16.9. The number of hydrogen-bond donors (Lipinski definition) is 1. The van der Waals surface area contributed by atoms with Crippen molar-refractivity contribution in [3.05, 3.63) is 35.0 Å². The highest BCUT2D eigenvalue weighted by Gasteiger charge is 2.24. The van der Waals surface area contributed by atoms with E-state index < -0.39 is 0 Å². The van der Waals surface area contributed by atoms with E-state index >= 15 is 0 Å². The minimum atomic E-state index is 0.353. The number of carbonyl (C=O) groups excluding carboxylic acids is 1. The Morgan fingerprint density at radius 2 is 1.96 bits per heavy atom. The molecule has 0 spiro atoms. The van der Waals surface area contributed by atoms with E-state index in [0.717, 1.165) is 79.5 Å². The predicted octanol–water partition coefficient (Wildman–Crippen LogP) is 4.05. The number of benzene rings is 1. The second-order valence-corrected chi connectivity index (χ2v) is 7.83. The Morgan fingerprint density at radius 1 is 1.16 bits per heavy atom. The van der Waals surface area contributed by atoms with Crippen LogP contribution in [0.3, 0.4) is 0 Å². The third kappa shape index (κ3) is 3.70. The predicted molar refractivity (Wildman–Crippen MR) is 102 cm³/mol. The Labute approximate surface area is 154 Å². The maximum atomic E-state index is 11.7. The summed E-state index contributed by atoms with van der Waals surface area (Å²) in [7, 11) is 0. The number of aromatic nitrogens is 1. The second-order valence-electron chi connectivity index (χ2n) is 7.46. The number of nitrogens with zero attached hydrogens (tertiary/aromatic N) is 2. The molecule has 4 nitrogen and oxygen atoms in total. The molecule has 0 radical (unpaired) electrons. The van der Waals surface area contributed by atoms with Crippen LogP contribution in [0.1, 0.15) is 37.8 Å². The van der Waals surface area contributed by atoms with Gasteiger partial charge in [-0.15, -0.1) is 0 Å². The molecule has 134 valence electrons. The van der Waals surface area contributed by atoms with Crippen molar-refractivity contribution in [2.75, 3.05) is 26.2 Å². The van der Waals surface area contributed by atoms with Crippen LogP contribution in [0.4, 0.5) is 0 Å². The van der Waals surface area contributed by atoms with Gasteiger partial charge in [-0.3, -0.25) is 9.69 Å². The summed E-state index contributed by atoms with van der Waals surface area (Å²) in [5, 5.41) is 1.98. The monoisotopic (exact) mass is 359 g/mol. The number of rotatable bonds is 5. The molecule has 0 saturated carbocycles.